The Kier molecular flexibility index (Phi) is 3.57. The molecule has 0 bridgehead atoms. The van der Waals surface area contributed by atoms with Crippen LogP contribution >= 0.6 is 11.6 Å². The molecular weight excluding hydrogens is 271 g/mol. The molecule has 0 fully saturated rings. The number of hydrogen-bond donors (Lipinski definition) is 3. The highest BCUT2D eigenvalue weighted by Crippen LogP contribution is 2.27. The maximum absolute atomic E-state index is 13.6. The largest absolute Gasteiger partial charge is 0.478 e. The molecule has 0 spiro atoms. The zero-order valence-electron chi connectivity index (χ0n) is 9.65. The van der Waals surface area contributed by atoms with Gasteiger partial charge in [0.1, 0.15) is 5.82 Å². The number of rotatable bonds is 3. The summed E-state index contributed by atoms with van der Waals surface area (Å²) in [5, 5.41) is 12.2. The van der Waals surface area contributed by atoms with Crippen LogP contribution in [0.2, 0.25) is 5.02 Å². The molecule has 4 N–H and O–H groups in total. The summed E-state index contributed by atoms with van der Waals surface area (Å²) in [6.45, 7) is 0. The highest BCUT2D eigenvalue weighted by molar-refractivity contribution is 6.30. The molecule has 0 saturated heterocycles. The number of aromatic carboxylic acids is 1. The molecular formula is C13H10ClFN2O2. The predicted molar refractivity (Wildman–Crippen MR) is 72.5 cm³/mol. The third-order valence-corrected chi connectivity index (χ3v) is 2.71. The average Bonchev–Trinajstić information content (AvgIpc) is 2.33. The number of hydrogen-bond acceptors (Lipinski definition) is 3. The van der Waals surface area contributed by atoms with Crippen LogP contribution in [-0.2, 0) is 0 Å². The molecule has 2 rings (SSSR count). The van der Waals surface area contributed by atoms with Gasteiger partial charge >= 0.3 is 5.97 Å². The molecule has 2 aromatic rings. The summed E-state index contributed by atoms with van der Waals surface area (Å²) >= 11 is 5.83. The lowest BCUT2D eigenvalue weighted by Crippen LogP contribution is -2.05. The SMILES string of the molecule is Nc1cc(C(=O)O)c(F)cc1Nc1cccc(Cl)c1. The normalized spacial score (nSPS) is 10.2. The van der Waals surface area contributed by atoms with Crippen molar-refractivity contribution in [2.75, 3.05) is 11.1 Å². The fraction of sp³-hybridized carbons (Fsp3) is 0. The number of nitrogen functional groups attached to an aromatic ring is 1. The molecule has 0 aromatic heterocycles. The van der Waals surface area contributed by atoms with Gasteiger partial charge in [-0.15, -0.1) is 0 Å². The molecule has 0 saturated carbocycles. The second kappa shape index (κ2) is 5.16. The molecule has 6 heteroatoms. The van der Waals surface area contributed by atoms with Crippen LogP contribution in [0, 0.1) is 5.82 Å². The molecule has 0 atom stereocenters. The number of halogens is 2. The van der Waals surface area contributed by atoms with E-state index in [4.69, 9.17) is 22.4 Å². The fourth-order valence-electron chi connectivity index (χ4n) is 1.58. The highest BCUT2D eigenvalue weighted by Gasteiger charge is 2.13. The topological polar surface area (TPSA) is 75.4 Å². The second-order valence-electron chi connectivity index (χ2n) is 3.86. The number of nitrogens with one attached hydrogen (secondary N) is 1. The summed E-state index contributed by atoms with van der Waals surface area (Å²) in [7, 11) is 0. The van der Waals surface area contributed by atoms with Crippen molar-refractivity contribution in [2.45, 2.75) is 0 Å². The Hall–Kier alpha value is -2.27. The van der Waals surface area contributed by atoms with E-state index in [-0.39, 0.29) is 11.4 Å². The number of carbonyl (C=O) groups is 1. The number of carboxylic acid groups (broad SMARTS) is 1. The van der Waals surface area contributed by atoms with E-state index in [0.29, 0.717) is 10.7 Å². The Labute approximate surface area is 113 Å². The zero-order chi connectivity index (χ0) is 14.0. The Morgan fingerprint density at radius 1 is 1.32 bits per heavy atom. The summed E-state index contributed by atoms with van der Waals surface area (Å²) in [4.78, 5) is 10.8. The van der Waals surface area contributed by atoms with E-state index in [2.05, 4.69) is 5.32 Å². The monoisotopic (exact) mass is 280 g/mol. The van der Waals surface area contributed by atoms with Crippen LogP contribution in [0.5, 0.6) is 0 Å². The van der Waals surface area contributed by atoms with Gasteiger partial charge in [-0.1, -0.05) is 17.7 Å². The van der Waals surface area contributed by atoms with Gasteiger partial charge in [-0.3, -0.25) is 0 Å². The number of carboxylic acids is 1. The van der Waals surface area contributed by atoms with E-state index in [1.54, 1.807) is 24.3 Å². The van der Waals surface area contributed by atoms with Crippen LogP contribution in [0.4, 0.5) is 21.5 Å². The van der Waals surface area contributed by atoms with Crippen LogP contribution < -0.4 is 11.1 Å². The summed E-state index contributed by atoms with van der Waals surface area (Å²) in [6, 6.07) is 8.91. The Balaban J connectivity index is 2.36. The van der Waals surface area contributed by atoms with E-state index in [1.165, 1.54) is 0 Å². The summed E-state index contributed by atoms with van der Waals surface area (Å²) < 4.78 is 13.6. The van der Waals surface area contributed by atoms with Crippen molar-refractivity contribution < 1.29 is 14.3 Å². The second-order valence-corrected chi connectivity index (χ2v) is 4.30. The first kappa shape index (κ1) is 13.2. The molecule has 19 heavy (non-hydrogen) atoms. The maximum atomic E-state index is 13.6. The van der Waals surface area contributed by atoms with E-state index in [0.717, 1.165) is 12.1 Å². The van der Waals surface area contributed by atoms with Gasteiger partial charge in [0.25, 0.3) is 0 Å². The van der Waals surface area contributed by atoms with E-state index in [1.807, 2.05) is 0 Å². The lowest BCUT2D eigenvalue weighted by molar-refractivity contribution is 0.0692. The third-order valence-electron chi connectivity index (χ3n) is 2.47. The van der Waals surface area contributed by atoms with Crippen molar-refractivity contribution in [1.29, 1.82) is 0 Å². The van der Waals surface area contributed by atoms with Gasteiger partial charge in [0.15, 0.2) is 0 Å². The summed E-state index contributed by atoms with van der Waals surface area (Å²) in [5.41, 5.74) is 6.27. The van der Waals surface area contributed by atoms with Crippen LogP contribution in [0.1, 0.15) is 10.4 Å². The quantitative estimate of drug-likeness (QED) is 0.752. The molecule has 98 valence electrons. The molecule has 0 radical (unpaired) electrons. The minimum absolute atomic E-state index is 0.138. The van der Waals surface area contributed by atoms with Crippen molar-refractivity contribution in [1.82, 2.24) is 0 Å². The Bertz CT molecular complexity index is 647. The molecule has 0 amide bonds. The lowest BCUT2D eigenvalue weighted by Gasteiger charge is -2.11. The lowest BCUT2D eigenvalue weighted by atomic mass is 10.1. The van der Waals surface area contributed by atoms with Gasteiger partial charge < -0.3 is 16.2 Å². The smallest absolute Gasteiger partial charge is 0.338 e. The van der Waals surface area contributed by atoms with Crippen LogP contribution in [-0.4, -0.2) is 11.1 Å². The van der Waals surface area contributed by atoms with E-state index < -0.39 is 17.3 Å². The first-order valence-corrected chi connectivity index (χ1v) is 5.70. The molecule has 2 aromatic carbocycles. The van der Waals surface area contributed by atoms with Gasteiger partial charge in [-0.05, 0) is 24.3 Å². The molecule has 0 heterocycles. The van der Waals surface area contributed by atoms with Gasteiger partial charge in [-0.2, -0.15) is 0 Å². The molecule has 4 nitrogen and oxygen atoms in total. The Morgan fingerprint density at radius 3 is 2.68 bits per heavy atom. The molecule has 0 aliphatic heterocycles. The van der Waals surface area contributed by atoms with Crippen molar-refractivity contribution in [2.24, 2.45) is 0 Å². The number of benzene rings is 2. The molecule has 0 aliphatic rings. The van der Waals surface area contributed by atoms with Gasteiger partial charge in [0.05, 0.1) is 16.9 Å². The summed E-state index contributed by atoms with van der Waals surface area (Å²) in [6.07, 6.45) is 0. The van der Waals surface area contributed by atoms with E-state index in [9.17, 15) is 9.18 Å². The molecule has 0 aliphatic carbocycles. The fourth-order valence-corrected chi connectivity index (χ4v) is 1.77. The average molecular weight is 281 g/mol. The minimum Gasteiger partial charge on any atom is -0.478 e. The van der Waals surface area contributed by atoms with Crippen molar-refractivity contribution in [3.63, 3.8) is 0 Å². The Morgan fingerprint density at radius 2 is 2.05 bits per heavy atom. The maximum Gasteiger partial charge on any atom is 0.338 e. The molecule has 0 unspecified atom stereocenters. The number of nitrogens with two attached hydrogens (primary N) is 1. The van der Waals surface area contributed by atoms with Crippen LogP contribution in [0.25, 0.3) is 0 Å². The zero-order valence-corrected chi connectivity index (χ0v) is 10.4. The van der Waals surface area contributed by atoms with Crippen molar-refractivity contribution in [3.8, 4) is 0 Å². The first-order valence-electron chi connectivity index (χ1n) is 5.32. The minimum atomic E-state index is -1.36. The van der Waals surface area contributed by atoms with Crippen molar-refractivity contribution >= 4 is 34.6 Å². The van der Waals surface area contributed by atoms with Crippen molar-refractivity contribution in [3.05, 3.63) is 52.8 Å². The number of anilines is 3. The van der Waals surface area contributed by atoms with Crippen LogP contribution in [0.15, 0.2) is 36.4 Å². The highest BCUT2D eigenvalue weighted by atomic mass is 35.5. The third kappa shape index (κ3) is 2.95. The van der Waals surface area contributed by atoms with Crippen LogP contribution in [0.3, 0.4) is 0 Å². The van der Waals surface area contributed by atoms with Gasteiger partial charge in [0, 0.05) is 16.8 Å². The standard InChI is InChI=1S/C13H10ClFN2O2/c14-7-2-1-3-8(4-7)17-12-6-10(15)9(13(18)19)5-11(12)16/h1-6,17H,16H2,(H,18,19). The van der Waals surface area contributed by atoms with Gasteiger partial charge in [-0.25, -0.2) is 9.18 Å². The van der Waals surface area contributed by atoms with Gasteiger partial charge in [0.2, 0.25) is 0 Å². The first-order chi connectivity index (χ1) is 8.97. The predicted octanol–water partition coefficient (Wildman–Crippen LogP) is 3.50. The summed E-state index contributed by atoms with van der Waals surface area (Å²) in [5.74, 6) is -2.22. The van der Waals surface area contributed by atoms with E-state index >= 15 is 0 Å².